The van der Waals surface area contributed by atoms with Crippen molar-refractivity contribution in [2.75, 3.05) is 0 Å². The van der Waals surface area contributed by atoms with Crippen LogP contribution in [0.2, 0.25) is 3.72 Å². The van der Waals surface area contributed by atoms with Crippen molar-refractivity contribution in [3.8, 4) is 0 Å². The minimum atomic E-state index is -3.84. The third kappa shape index (κ3) is 1.57. The van der Waals surface area contributed by atoms with E-state index in [1.54, 1.807) is 0 Å². The summed E-state index contributed by atoms with van der Waals surface area (Å²) in [4.78, 5) is 34.4. The Bertz CT molecular complexity index is 454. The summed E-state index contributed by atoms with van der Waals surface area (Å²) < 4.78 is 1.52. The molecule has 0 spiro atoms. The summed E-state index contributed by atoms with van der Waals surface area (Å²) >= 11 is -3.84. The molecule has 3 nitrogen and oxygen atoms in total. The Balaban J connectivity index is 2.62. The van der Waals surface area contributed by atoms with Crippen LogP contribution in [0.5, 0.6) is 0 Å². The molecule has 0 bridgehead atoms. The second kappa shape index (κ2) is 4.71. The van der Waals surface area contributed by atoms with Crippen molar-refractivity contribution in [1.82, 2.24) is 0 Å². The van der Waals surface area contributed by atoms with E-state index < -0.39 is 20.3 Å². The van der Waals surface area contributed by atoms with Gasteiger partial charge >= 0.3 is 111 Å². The average Bonchev–Trinajstić information content (AvgIpc) is 2.66. The zero-order valence-electron chi connectivity index (χ0n) is 10.9. The number of carbonyl (C=O) groups is 3. The van der Waals surface area contributed by atoms with Crippen LogP contribution in [-0.2, 0) is 31.0 Å². The van der Waals surface area contributed by atoms with Crippen molar-refractivity contribution in [3.05, 3.63) is 22.8 Å². The molecule has 4 heteroatoms. The Hall–Kier alpha value is -0.796. The average molecular weight is 282 g/mol. The van der Waals surface area contributed by atoms with Gasteiger partial charge in [0, 0.05) is 0 Å². The first-order valence-electron chi connectivity index (χ1n) is 6.36. The van der Waals surface area contributed by atoms with Crippen LogP contribution in [0.1, 0.15) is 39.5 Å². The molecule has 0 aromatic heterocycles. The molecule has 0 heterocycles. The molecule has 96 valence electrons. The first-order valence-corrected chi connectivity index (χ1v) is 9.84. The number of carbonyl (C=O) groups excluding carboxylic acids is 3. The van der Waals surface area contributed by atoms with E-state index >= 15 is 0 Å². The van der Waals surface area contributed by atoms with E-state index in [9.17, 15) is 14.4 Å². The van der Waals surface area contributed by atoms with Crippen LogP contribution in [0, 0.1) is 0 Å². The maximum atomic E-state index is 11.5. The predicted molar refractivity (Wildman–Crippen MR) is 67.9 cm³/mol. The summed E-state index contributed by atoms with van der Waals surface area (Å²) in [7, 11) is 0. The molecule has 0 saturated heterocycles. The topological polar surface area (TPSA) is 51.2 Å². The summed E-state index contributed by atoms with van der Waals surface area (Å²) in [6.45, 7) is 3.89. The number of hydrogen-bond donors (Lipinski definition) is 0. The molecule has 0 saturated carbocycles. The fraction of sp³-hybridized carbons (Fsp3) is 0.500. The van der Waals surface area contributed by atoms with Gasteiger partial charge in [0.05, 0.1) is 0 Å². The van der Waals surface area contributed by atoms with Crippen molar-refractivity contribution in [2.24, 2.45) is 0 Å². The van der Waals surface area contributed by atoms with Gasteiger partial charge in [0.2, 0.25) is 0 Å². The van der Waals surface area contributed by atoms with Crippen molar-refractivity contribution in [3.63, 3.8) is 0 Å². The van der Waals surface area contributed by atoms with Gasteiger partial charge in [-0.2, -0.15) is 0 Å². The fourth-order valence-corrected chi connectivity index (χ4v) is 7.15. The van der Waals surface area contributed by atoms with Crippen molar-refractivity contribution in [1.29, 1.82) is 0 Å². The summed E-state index contributed by atoms with van der Waals surface area (Å²) in [6, 6.07) is 0. The Labute approximate surface area is 111 Å². The molecule has 2 aliphatic rings. The van der Waals surface area contributed by atoms with Crippen LogP contribution in [0.3, 0.4) is 0 Å². The third-order valence-corrected chi connectivity index (χ3v) is 10.4. The zero-order chi connectivity index (χ0) is 13.4. The van der Waals surface area contributed by atoms with Crippen LogP contribution in [0.4, 0.5) is 0 Å². The van der Waals surface area contributed by atoms with E-state index in [0.717, 1.165) is 31.3 Å². The van der Waals surface area contributed by atoms with E-state index in [1.807, 2.05) is 13.8 Å². The minimum absolute atomic E-state index is 0.568. The van der Waals surface area contributed by atoms with Crippen LogP contribution >= 0.6 is 0 Å². The Morgan fingerprint density at radius 1 is 1.11 bits per heavy atom. The molecular weight excluding hydrogens is 264 g/mol. The molecule has 0 aromatic carbocycles. The van der Waals surface area contributed by atoms with Gasteiger partial charge < -0.3 is 0 Å². The molecule has 0 fully saturated rings. The van der Waals surface area contributed by atoms with Crippen LogP contribution < -0.4 is 0 Å². The van der Waals surface area contributed by atoms with E-state index in [2.05, 4.69) is 6.08 Å². The molecule has 1 atom stereocenters. The van der Waals surface area contributed by atoms with E-state index in [0.29, 0.717) is 13.8 Å². The van der Waals surface area contributed by atoms with Gasteiger partial charge in [0.1, 0.15) is 0 Å². The first-order chi connectivity index (χ1) is 8.55. The number of allylic oxidation sites excluding steroid dienone is 4. The van der Waals surface area contributed by atoms with Gasteiger partial charge in [0.25, 0.3) is 0 Å². The summed E-state index contributed by atoms with van der Waals surface area (Å²) in [5.41, 5.74) is 3.49. The molecule has 2 aliphatic carbocycles. The standard InChI is InChI=1S/C11H15.3CHO.Ti/c1-8-7-10-5-3-4-6-11(10)9(8)2;3*1-2;/h7H,3-6H2,1-2H3;3*1H;. The predicted octanol–water partition coefficient (Wildman–Crippen LogP) is 2.72. The molecule has 0 N–H and O–H groups in total. The van der Waals surface area contributed by atoms with Gasteiger partial charge in [-0.1, -0.05) is 0 Å². The van der Waals surface area contributed by atoms with E-state index in [1.165, 1.54) is 11.1 Å². The number of rotatable bonds is 4. The molecule has 0 aliphatic heterocycles. The molecule has 0 radical (unpaired) electrons. The van der Waals surface area contributed by atoms with Gasteiger partial charge in [0.15, 0.2) is 0 Å². The van der Waals surface area contributed by atoms with Gasteiger partial charge in [-0.15, -0.1) is 0 Å². The molecule has 2 rings (SSSR count). The Morgan fingerprint density at radius 2 is 1.67 bits per heavy atom. The Morgan fingerprint density at radius 3 is 2.22 bits per heavy atom. The summed E-state index contributed by atoms with van der Waals surface area (Å²) in [5.74, 6) is 0. The normalized spacial score (nSPS) is 27.6. The molecule has 0 amide bonds. The molecular formula is C14H18O3Ti. The van der Waals surface area contributed by atoms with Crippen molar-refractivity contribution in [2.45, 2.75) is 43.3 Å². The van der Waals surface area contributed by atoms with Crippen LogP contribution in [-0.4, -0.2) is 13.8 Å². The van der Waals surface area contributed by atoms with Crippen LogP contribution in [0.25, 0.3) is 0 Å². The number of hydrogen-bond acceptors (Lipinski definition) is 3. The SMILES string of the molecule is CC1=CC2=C(CCCC2)[C]1(C)[Ti]([CH]=O)([CH]=O)[CH]=O. The summed E-state index contributed by atoms with van der Waals surface area (Å²) in [5, 5.41) is 0. The van der Waals surface area contributed by atoms with Gasteiger partial charge in [-0.3, -0.25) is 0 Å². The monoisotopic (exact) mass is 282 g/mol. The van der Waals surface area contributed by atoms with Crippen LogP contribution in [0.15, 0.2) is 22.8 Å². The summed E-state index contributed by atoms with van der Waals surface area (Å²) in [6.07, 6.45) is 6.27. The van der Waals surface area contributed by atoms with Crippen molar-refractivity contribution < 1.29 is 31.0 Å². The second-order valence-corrected chi connectivity index (χ2v) is 11.0. The first kappa shape index (κ1) is 13.6. The van der Waals surface area contributed by atoms with Gasteiger partial charge in [-0.25, -0.2) is 0 Å². The Kier molecular flexibility index (Phi) is 3.57. The van der Waals surface area contributed by atoms with Gasteiger partial charge in [-0.05, 0) is 0 Å². The van der Waals surface area contributed by atoms with E-state index in [4.69, 9.17) is 0 Å². The fourth-order valence-electron chi connectivity index (χ4n) is 3.34. The second-order valence-electron chi connectivity index (χ2n) is 5.45. The third-order valence-electron chi connectivity index (χ3n) is 4.74. The quantitative estimate of drug-likeness (QED) is 0.588. The molecule has 18 heavy (non-hydrogen) atoms. The molecule has 0 aromatic rings. The maximum absolute atomic E-state index is 11.5. The zero-order valence-corrected chi connectivity index (χ0v) is 12.4. The van der Waals surface area contributed by atoms with Crippen molar-refractivity contribution >= 4 is 13.8 Å². The molecule has 1 unspecified atom stereocenters. The van der Waals surface area contributed by atoms with E-state index in [-0.39, 0.29) is 0 Å².